The van der Waals surface area contributed by atoms with E-state index in [1.54, 1.807) is 0 Å². The van der Waals surface area contributed by atoms with E-state index in [0.29, 0.717) is 11.8 Å². The van der Waals surface area contributed by atoms with Gasteiger partial charge in [0.1, 0.15) is 11.6 Å². The molecule has 0 bridgehead atoms. The number of hydrogen-bond donors (Lipinski definition) is 0. The standard InChI is InChI=1S/C15H20N4OS/c20-15(18-5-7-21-8-6-18)12-9-19(10-12)13-3-4-16-14(17-13)11-1-2-11/h3-4,11-12H,1-2,5-10H2. The van der Waals surface area contributed by atoms with E-state index in [1.165, 1.54) is 12.8 Å². The van der Waals surface area contributed by atoms with Crippen molar-refractivity contribution in [1.82, 2.24) is 14.9 Å². The van der Waals surface area contributed by atoms with Crippen LogP contribution >= 0.6 is 11.8 Å². The Morgan fingerprint density at radius 3 is 2.71 bits per heavy atom. The first kappa shape index (κ1) is 13.4. The van der Waals surface area contributed by atoms with Gasteiger partial charge in [0.25, 0.3) is 0 Å². The summed E-state index contributed by atoms with van der Waals surface area (Å²) in [6.45, 7) is 3.45. The van der Waals surface area contributed by atoms with Crippen molar-refractivity contribution in [2.75, 3.05) is 42.6 Å². The van der Waals surface area contributed by atoms with Gasteiger partial charge in [-0.2, -0.15) is 11.8 Å². The van der Waals surface area contributed by atoms with Crippen molar-refractivity contribution in [3.05, 3.63) is 18.1 Å². The largest absolute Gasteiger partial charge is 0.355 e. The molecule has 5 nitrogen and oxygen atoms in total. The first-order valence-electron chi connectivity index (χ1n) is 7.75. The SMILES string of the molecule is O=C(C1CN(c2ccnc(C3CC3)n2)C1)N1CCSCC1. The number of aromatic nitrogens is 2. The second kappa shape index (κ2) is 5.48. The molecule has 3 heterocycles. The molecule has 1 saturated carbocycles. The molecule has 1 aromatic heterocycles. The lowest BCUT2D eigenvalue weighted by molar-refractivity contribution is -0.135. The summed E-state index contributed by atoms with van der Waals surface area (Å²) in [5.41, 5.74) is 0. The molecule has 0 spiro atoms. The van der Waals surface area contributed by atoms with Gasteiger partial charge in [-0.3, -0.25) is 4.79 Å². The summed E-state index contributed by atoms with van der Waals surface area (Å²) in [7, 11) is 0. The molecular weight excluding hydrogens is 284 g/mol. The molecule has 2 aliphatic heterocycles. The van der Waals surface area contributed by atoms with E-state index < -0.39 is 0 Å². The first-order valence-corrected chi connectivity index (χ1v) is 8.91. The van der Waals surface area contributed by atoms with Crippen LogP contribution in [0, 0.1) is 5.92 Å². The Morgan fingerprint density at radius 2 is 2.00 bits per heavy atom. The van der Waals surface area contributed by atoms with Crippen molar-refractivity contribution in [3.63, 3.8) is 0 Å². The molecule has 3 aliphatic rings. The number of carbonyl (C=O) groups is 1. The van der Waals surface area contributed by atoms with Crippen LogP contribution in [-0.2, 0) is 4.79 Å². The Bertz CT molecular complexity index is 536. The van der Waals surface area contributed by atoms with Gasteiger partial charge in [0, 0.05) is 49.8 Å². The fourth-order valence-electron chi connectivity index (χ4n) is 2.94. The molecule has 3 fully saturated rings. The maximum Gasteiger partial charge on any atom is 0.229 e. The van der Waals surface area contributed by atoms with Gasteiger partial charge in [-0.05, 0) is 18.9 Å². The minimum absolute atomic E-state index is 0.160. The second-order valence-corrected chi connectivity index (χ2v) is 7.31. The summed E-state index contributed by atoms with van der Waals surface area (Å²) in [6.07, 6.45) is 4.29. The van der Waals surface area contributed by atoms with Crippen LogP contribution in [-0.4, -0.2) is 58.5 Å². The van der Waals surface area contributed by atoms with Crippen LogP contribution in [0.2, 0.25) is 0 Å². The number of nitrogens with zero attached hydrogens (tertiary/aromatic N) is 4. The first-order chi connectivity index (χ1) is 10.3. The zero-order valence-electron chi connectivity index (χ0n) is 12.1. The summed E-state index contributed by atoms with van der Waals surface area (Å²) in [6, 6.07) is 1.96. The van der Waals surface area contributed by atoms with E-state index in [1.807, 2.05) is 28.9 Å². The third-order valence-electron chi connectivity index (χ3n) is 4.48. The van der Waals surface area contributed by atoms with Gasteiger partial charge >= 0.3 is 0 Å². The van der Waals surface area contributed by atoms with Crippen LogP contribution in [0.25, 0.3) is 0 Å². The Kier molecular flexibility index (Phi) is 3.49. The third-order valence-corrected chi connectivity index (χ3v) is 5.42. The number of thioether (sulfide) groups is 1. The average molecular weight is 304 g/mol. The Morgan fingerprint density at radius 1 is 1.24 bits per heavy atom. The van der Waals surface area contributed by atoms with E-state index in [4.69, 9.17) is 0 Å². The lowest BCUT2D eigenvalue weighted by Crippen LogP contribution is -2.56. The Hall–Kier alpha value is -1.30. The number of carbonyl (C=O) groups excluding carboxylic acids is 1. The highest BCUT2D eigenvalue weighted by molar-refractivity contribution is 7.99. The van der Waals surface area contributed by atoms with Crippen LogP contribution in [0.1, 0.15) is 24.6 Å². The maximum atomic E-state index is 12.4. The van der Waals surface area contributed by atoms with Gasteiger partial charge in [0.2, 0.25) is 5.91 Å². The number of amides is 1. The predicted molar refractivity (Wildman–Crippen MR) is 83.6 cm³/mol. The molecule has 0 unspecified atom stereocenters. The summed E-state index contributed by atoms with van der Waals surface area (Å²) in [5, 5.41) is 0. The lowest BCUT2D eigenvalue weighted by Gasteiger charge is -2.42. The highest BCUT2D eigenvalue weighted by atomic mass is 32.2. The number of hydrogen-bond acceptors (Lipinski definition) is 5. The normalized spacial score (nSPS) is 23.0. The van der Waals surface area contributed by atoms with Crippen molar-refractivity contribution in [2.45, 2.75) is 18.8 Å². The summed E-state index contributed by atoms with van der Waals surface area (Å²) in [5.74, 6) is 5.21. The van der Waals surface area contributed by atoms with Crippen molar-refractivity contribution < 1.29 is 4.79 Å². The van der Waals surface area contributed by atoms with Crippen LogP contribution < -0.4 is 4.90 Å². The van der Waals surface area contributed by atoms with Gasteiger partial charge in [-0.25, -0.2) is 9.97 Å². The Balaban J connectivity index is 1.36. The summed E-state index contributed by atoms with van der Waals surface area (Å²) in [4.78, 5) is 25.6. The molecule has 0 aromatic carbocycles. The minimum atomic E-state index is 0.160. The molecule has 6 heteroatoms. The van der Waals surface area contributed by atoms with Crippen molar-refractivity contribution in [1.29, 1.82) is 0 Å². The molecular formula is C15H20N4OS. The van der Waals surface area contributed by atoms with Gasteiger partial charge < -0.3 is 9.80 Å². The molecule has 21 heavy (non-hydrogen) atoms. The van der Waals surface area contributed by atoms with E-state index in [9.17, 15) is 4.79 Å². The highest BCUT2D eigenvalue weighted by Crippen LogP contribution is 2.38. The summed E-state index contributed by atoms with van der Waals surface area (Å²) < 4.78 is 0. The average Bonchev–Trinajstić information content (AvgIpc) is 3.31. The zero-order chi connectivity index (χ0) is 14.2. The van der Waals surface area contributed by atoms with E-state index in [-0.39, 0.29) is 5.92 Å². The van der Waals surface area contributed by atoms with Crippen LogP contribution in [0.4, 0.5) is 5.82 Å². The molecule has 1 amide bonds. The maximum absolute atomic E-state index is 12.4. The van der Waals surface area contributed by atoms with Gasteiger partial charge in [0.05, 0.1) is 5.92 Å². The summed E-state index contributed by atoms with van der Waals surface area (Å²) >= 11 is 1.94. The van der Waals surface area contributed by atoms with Crippen molar-refractivity contribution >= 4 is 23.5 Å². The van der Waals surface area contributed by atoms with Gasteiger partial charge in [-0.1, -0.05) is 0 Å². The molecule has 112 valence electrons. The molecule has 4 rings (SSSR count). The third kappa shape index (κ3) is 2.73. The topological polar surface area (TPSA) is 49.3 Å². The molecule has 0 radical (unpaired) electrons. The predicted octanol–water partition coefficient (Wildman–Crippen LogP) is 1.37. The van der Waals surface area contributed by atoms with Gasteiger partial charge in [0.15, 0.2) is 0 Å². The fraction of sp³-hybridized carbons (Fsp3) is 0.667. The number of anilines is 1. The van der Waals surface area contributed by atoms with E-state index in [0.717, 1.165) is 49.3 Å². The monoisotopic (exact) mass is 304 g/mol. The molecule has 0 N–H and O–H groups in total. The van der Waals surface area contributed by atoms with Crippen LogP contribution in [0.3, 0.4) is 0 Å². The smallest absolute Gasteiger partial charge is 0.229 e. The minimum Gasteiger partial charge on any atom is -0.355 e. The molecule has 0 atom stereocenters. The quantitative estimate of drug-likeness (QED) is 0.844. The fourth-order valence-corrected chi connectivity index (χ4v) is 3.85. The van der Waals surface area contributed by atoms with E-state index >= 15 is 0 Å². The van der Waals surface area contributed by atoms with E-state index in [2.05, 4.69) is 14.9 Å². The van der Waals surface area contributed by atoms with Gasteiger partial charge in [-0.15, -0.1) is 0 Å². The lowest BCUT2D eigenvalue weighted by atomic mass is 9.98. The Labute approximate surface area is 129 Å². The van der Waals surface area contributed by atoms with Crippen LogP contribution in [0.5, 0.6) is 0 Å². The highest BCUT2D eigenvalue weighted by Gasteiger charge is 2.37. The number of rotatable bonds is 3. The zero-order valence-corrected chi connectivity index (χ0v) is 12.9. The van der Waals surface area contributed by atoms with Crippen molar-refractivity contribution in [3.8, 4) is 0 Å². The van der Waals surface area contributed by atoms with Crippen LogP contribution in [0.15, 0.2) is 12.3 Å². The second-order valence-electron chi connectivity index (χ2n) is 6.09. The molecule has 1 aromatic rings. The molecule has 1 aliphatic carbocycles. The van der Waals surface area contributed by atoms with Crippen molar-refractivity contribution in [2.24, 2.45) is 5.92 Å². The molecule has 2 saturated heterocycles.